The van der Waals surface area contributed by atoms with Gasteiger partial charge in [0.1, 0.15) is 11.6 Å². The monoisotopic (exact) mass is 412 g/mol. The van der Waals surface area contributed by atoms with Gasteiger partial charge >= 0.3 is 0 Å². The van der Waals surface area contributed by atoms with Crippen LogP contribution in [0.1, 0.15) is 21.5 Å². The highest BCUT2D eigenvalue weighted by molar-refractivity contribution is 7.92. The van der Waals surface area contributed by atoms with Crippen LogP contribution in [0, 0.1) is 19.7 Å². The number of hydrogen-bond acceptors (Lipinski definition) is 4. The van der Waals surface area contributed by atoms with Crippen LogP contribution in [0.4, 0.5) is 15.8 Å². The summed E-state index contributed by atoms with van der Waals surface area (Å²) < 4.78 is 47.0. The first-order chi connectivity index (χ1) is 13.7. The van der Waals surface area contributed by atoms with Gasteiger partial charge < -0.3 is 10.1 Å². The number of hydrogen-bond donors (Lipinski definition) is 2. The lowest BCUT2D eigenvalue weighted by atomic mass is 10.1. The van der Waals surface area contributed by atoms with E-state index in [0.717, 1.165) is 17.7 Å². The second-order valence-electron chi connectivity index (χ2n) is 6.78. The molecule has 0 atom stereocenters. The van der Waals surface area contributed by atoms with Gasteiger partial charge in [0, 0.05) is 5.69 Å². The zero-order valence-electron chi connectivity index (χ0n) is 15.6. The number of carbonyl (C=O) groups is 1. The number of fused-ring (bicyclic) bond motifs is 2. The number of halogens is 1. The summed E-state index contributed by atoms with van der Waals surface area (Å²) in [5, 5.41) is 2.77. The molecule has 0 fully saturated rings. The molecule has 0 saturated carbocycles. The highest BCUT2D eigenvalue weighted by Gasteiger charge is 2.23. The molecule has 3 aromatic rings. The van der Waals surface area contributed by atoms with E-state index in [9.17, 15) is 17.6 Å². The summed E-state index contributed by atoms with van der Waals surface area (Å²) in [5.74, 6) is -0.123. The number of sulfonamides is 1. The van der Waals surface area contributed by atoms with Crippen LogP contribution in [0.5, 0.6) is 11.5 Å². The third kappa shape index (κ3) is 3.66. The van der Waals surface area contributed by atoms with Crippen molar-refractivity contribution in [3.8, 4) is 11.5 Å². The van der Waals surface area contributed by atoms with Crippen molar-refractivity contribution in [2.45, 2.75) is 18.7 Å². The molecule has 0 spiro atoms. The highest BCUT2D eigenvalue weighted by atomic mass is 32.2. The van der Waals surface area contributed by atoms with Gasteiger partial charge in [0.05, 0.1) is 16.1 Å². The molecule has 4 rings (SSSR count). The average Bonchev–Trinajstić information content (AvgIpc) is 2.77. The molecule has 2 N–H and O–H groups in total. The first kappa shape index (κ1) is 18.9. The van der Waals surface area contributed by atoms with Crippen LogP contribution < -0.4 is 14.8 Å². The molecule has 29 heavy (non-hydrogen) atoms. The van der Waals surface area contributed by atoms with Crippen molar-refractivity contribution in [2.75, 3.05) is 10.0 Å². The van der Waals surface area contributed by atoms with E-state index in [4.69, 9.17) is 4.74 Å². The van der Waals surface area contributed by atoms with Gasteiger partial charge in [-0.1, -0.05) is 6.07 Å². The Morgan fingerprint density at radius 2 is 1.72 bits per heavy atom. The number of nitrogens with one attached hydrogen (secondary N) is 2. The van der Waals surface area contributed by atoms with E-state index in [1.807, 2.05) is 13.0 Å². The van der Waals surface area contributed by atoms with Gasteiger partial charge in [0.25, 0.3) is 15.9 Å². The first-order valence-electron chi connectivity index (χ1n) is 8.76. The zero-order valence-corrected chi connectivity index (χ0v) is 16.4. The summed E-state index contributed by atoms with van der Waals surface area (Å²) in [6.07, 6.45) is 0. The molecular weight excluding hydrogens is 395 g/mol. The predicted octanol–water partition coefficient (Wildman–Crippen LogP) is 4.60. The van der Waals surface area contributed by atoms with E-state index in [0.29, 0.717) is 17.2 Å². The van der Waals surface area contributed by atoms with Crippen LogP contribution >= 0.6 is 0 Å². The second kappa shape index (κ2) is 6.89. The summed E-state index contributed by atoms with van der Waals surface area (Å²) in [5.41, 5.74) is 2.15. The Bertz CT molecular complexity index is 1260. The SMILES string of the molecule is Cc1ccc2c(c1)NC(=O)c1cc(NS(=O)(=O)c3ccc(F)cc3C)ccc1O2. The minimum Gasteiger partial charge on any atom is -0.454 e. The minimum atomic E-state index is -3.96. The standard InChI is InChI=1S/C21H17FN2O4S/c1-12-3-6-19-17(9-12)23-21(25)16-11-15(5-7-18(16)28-19)24-29(26,27)20-8-4-14(22)10-13(20)2/h3-11,24H,1-2H3,(H,23,25). The average molecular weight is 412 g/mol. The summed E-state index contributed by atoms with van der Waals surface area (Å²) in [4.78, 5) is 12.6. The van der Waals surface area contributed by atoms with E-state index in [1.54, 1.807) is 12.1 Å². The number of carbonyl (C=O) groups excluding carboxylic acids is 1. The lowest BCUT2D eigenvalue weighted by Crippen LogP contribution is -2.16. The molecule has 1 aliphatic heterocycles. The third-order valence-electron chi connectivity index (χ3n) is 4.51. The van der Waals surface area contributed by atoms with Gasteiger partial charge in [0.2, 0.25) is 0 Å². The molecule has 8 heteroatoms. The second-order valence-corrected chi connectivity index (χ2v) is 8.43. The maximum Gasteiger partial charge on any atom is 0.262 e. The van der Waals surface area contributed by atoms with E-state index in [2.05, 4.69) is 10.0 Å². The molecular formula is C21H17FN2O4S. The van der Waals surface area contributed by atoms with Crippen molar-refractivity contribution in [2.24, 2.45) is 0 Å². The third-order valence-corrected chi connectivity index (χ3v) is 6.05. The molecule has 148 valence electrons. The van der Waals surface area contributed by atoms with Gasteiger partial charge in [-0.3, -0.25) is 9.52 Å². The Hall–Kier alpha value is -3.39. The molecule has 1 aliphatic rings. The predicted molar refractivity (Wildman–Crippen MR) is 108 cm³/mol. The fourth-order valence-electron chi connectivity index (χ4n) is 3.12. The van der Waals surface area contributed by atoms with E-state index in [-0.39, 0.29) is 21.7 Å². The van der Waals surface area contributed by atoms with Crippen molar-refractivity contribution in [1.82, 2.24) is 0 Å². The van der Waals surface area contributed by atoms with Crippen LogP contribution in [-0.4, -0.2) is 14.3 Å². The van der Waals surface area contributed by atoms with Crippen LogP contribution in [0.3, 0.4) is 0 Å². The largest absolute Gasteiger partial charge is 0.454 e. The number of anilines is 2. The molecule has 0 bridgehead atoms. The number of benzene rings is 3. The molecule has 0 aromatic heterocycles. The molecule has 1 heterocycles. The van der Waals surface area contributed by atoms with Crippen molar-refractivity contribution in [3.63, 3.8) is 0 Å². The summed E-state index contributed by atoms with van der Waals surface area (Å²) >= 11 is 0. The van der Waals surface area contributed by atoms with Crippen LogP contribution in [0.15, 0.2) is 59.5 Å². The maximum atomic E-state index is 13.3. The van der Waals surface area contributed by atoms with Crippen LogP contribution in [-0.2, 0) is 10.0 Å². The lowest BCUT2D eigenvalue weighted by Gasteiger charge is -2.12. The molecule has 0 aliphatic carbocycles. The van der Waals surface area contributed by atoms with E-state index < -0.39 is 21.7 Å². The zero-order chi connectivity index (χ0) is 20.8. The Morgan fingerprint density at radius 3 is 2.48 bits per heavy atom. The van der Waals surface area contributed by atoms with Gasteiger partial charge in [-0.05, 0) is 73.5 Å². The van der Waals surface area contributed by atoms with Crippen molar-refractivity contribution in [1.29, 1.82) is 0 Å². The molecule has 0 saturated heterocycles. The normalized spacial score (nSPS) is 12.9. The molecule has 0 radical (unpaired) electrons. The summed E-state index contributed by atoms with van der Waals surface area (Å²) in [7, 11) is -3.96. The molecule has 0 unspecified atom stereocenters. The summed E-state index contributed by atoms with van der Waals surface area (Å²) in [6.45, 7) is 3.41. The maximum absolute atomic E-state index is 13.3. The van der Waals surface area contributed by atoms with Crippen LogP contribution in [0.25, 0.3) is 0 Å². The first-order valence-corrected chi connectivity index (χ1v) is 10.2. The van der Waals surface area contributed by atoms with Crippen molar-refractivity contribution in [3.05, 3.63) is 77.1 Å². The number of aryl methyl sites for hydroxylation is 2. The Labute approximate surface area is 167 Å². The molecule has 6 nitrogen and oxygen atoms in total. The lowest BCUT2D eigenvalue weighted by molar-refractivity contribution is 0.102. The number of ether oxygens (including phenoxy) is 1. The fourth-order valence-corrected chi connectivity index (χ4v) is 4.40. The minimum absolute atomic E-state index is 0.0441. The Balaban J connectivity index is 1.68. The number of amides is 1. The van der Waals surface area contributed by atoms with Gasteiger partial charge in [-0.2, -0.15) is 0 Å². The number of rotatable bonds is 3. The van der Waals surface area contributed by atoms with Crippen molar-refractivity contribution >= 4 is 27.3 Å². The van der Waals surface area contributed by atoms with Crippen LogP contribution in [0.2, 0.25) is 0 Å². The van der Waals surface area contributed by atoms with Gasteiger partial charge in [-0.15, -0.1) is 0 Å². The smallest absolute Gasteiger partial charge is 0.262 e. The summed E-state index contributed by atoms with van der Waals surface area (Å²) in [6, 6.07) is 13.3. The van der Waals surface area contributed by atoms with E-state index >= 15 is 0 Å². The van der Waals surface area contributed by atoms with E-state index in [1.165, 1.54) is 31.2 Å². The van der Waals surface area contributed by atoms with Gasteiger partial charge in [-0.25, -0.2) is 12.8 Å². The fraction of sp³-hybridized carbons (Fsp3) is 0.0952. The molecule has 3 aromatic carbocycles. The molecule has 1 amide bonds. The van der Waals surface area contributed by atoms with Crippen molar-refractivity contribution < 1.29 is 22.3 Å². The topological polar surface area (TPSA) is 84.5 Å². The Kier molecular flexibility index (Phi) is 4.50. The van der Waals surface area contributed by atoms with Gasteiger partial charge in [0.15, 0.2) is 5.75 Å². The Morgan fingerprint density at radius 1 is 0.966 bits per heavy atom. The highest BCUT2D eigenvalue weighted by Crippen LogP contribution is 2.37. The quantitative estimate of drug-likeness (QED) is 0.658.